The number of nitrogens with zero attached hydrogens (tertiary/aromatic N) is 1. The SMILES string of the molecule is CCNC(=NCCCOC(C)c1ccccc1)NCCS(=O)(=O)c1ccccc1.I. The summed E-state index contributed by atoms with van der Waals surface area (Å²) >= 11 is 0. The molecule has 0 aliphatic carbocycles. The number of nitrogens with one attached hydrogen (secondary N) is 2. The first-order valence-electron chi connectivity index (χ1n) is 9.99. The molecule has 30 heavy (non-hydrogen) atoms. The zero-order valence-corrected chi connectivity index (χ0v) is 20.7. The summed E-state index contributed by atoms with van der Waals surface area (Å²) in [6.45, 7) is 6.23. The third-order valence-electron chi connectivity index (χ3n) is 4.32. The minimum Gasteiger partial charge on any atom is -0.374 e. The molecule has 2 aromatic carbocycles. The minimum atomic E-state index is -3.30. The molecule has 0 bridgehead atoms. The van der Waals surface area contributed by atoms with Crippen molar-refractivity contribution in [1.82, 2.24) is 10.6 Å². The van der Waals surface area contributed by atoms with Gasteiger partial charge in [0.2, 0.25) is 0 Å². The smallest absolute Gasteiger partial charge is 0.191 e. The van der Waals surface area contributed by atoms with Crippen molar-refractivity contribution in [3.63, 3.8) is 0 Å². The van der Waals surface area contributed by atoms with Crippen LogP contribution in [0, 0.1) is 0 Å². The van der Waals surface area contributed by atoms with E-state index in [0.717, 1.165) is 12.0 Å². The van der Waals surface area contributed by atoms with Gasteiger partial charge in [-0.3, -0.25) is 4.99 Å². The van der Waals surface area contributed by atoms with E-state index in [1.807, 2.05) is 32.0 Å². The average Bonchev–Trinajstić information content (AvgIpc) is 2.74. The number of ether oxygens (including phenoxy) is 1. The van der Waals surface area contributed by atoms with Crippen LogP contribution in [0.1, 0.15) is 31.9 Å². The molecule has 8 heteroatoms. The largest absolute Gasteiger partial charge is 0.374 e. The van der Waals surface area contributed by atoms with E-state index in [4.69, 9.17) is 4.74 Å². The molecule has 0 amide bonds. The number of halogens is 1. The van der Waals surface area contributed by atoms with Crippen LogP contribution in [-0.4, -0.2) is 46.4 Å². The molecule has 0 saturated heterocycles. The van der Waals surface area contributed by atoms with Crippen LogP contribution in [0.5, 0.6) is 0 Å². The Morgan fingerprint density at radius 2 is 1.67 bits per heavy atom. The van der Waals surface area contributed by atoms with Gasteiger partial charge >= 0.3 is 0 Å². The normalized spacial score (nSPS) is 12.7. The summed E-state index contributed by atoms with van der Waals surface area (Å²) < 4.78 is 30.5. The summed E-state index contributed by atoms with van der Waals surface area (Å²) in [7, 11) is -3.30. The Kier molecular flexibility index (Phi) is 12.6. The topological polar surface area (TPSA) is 79.8 Å². The van der Waals surface area contributed by atoms with Crippen LogP contribution in [0.3, 0.4) is 0 Å². The molecule has 2 rings (SSSR count). The number of benzene rings is 2. The van der Waals surface area contributed by atoms with Gasteiger partial charge in [-0.25, -0.2) is 8.42 Å². The van der Waals surface area contributed by atoms with Crippen molar-refractivity contribution in [1.29, 1.82) is 0 Å². The number of guanidine groups is 1. The standard InChI is InChI=1S/C22H31N3O3S.HI/c1-3-23-22(25-16-18-29(26,27)21-13-8-5-9-14-21)24-15-10-17-28-19(2)20-11-6-4-7-12-20;/h4-9,11-14,19H,3,10,15-18H2,1-2H3,(H2,23,24,25);1H. The molecule has 0 aromatic heterocycles. The molecular formula is C22H32IN3O3S. The number of sulfone groups is 1. The molecule has 0 aliphatic rings. The zero-order chi connectivity index (χ0) is 21.0. The third-order valence-corrected chi connectivity index (χ3v) is 6.05. The van der Waals surface area contributed by atoms with Crippen molar-refractivity contribution in [2.45, 2.75) is 31.3 Å². The maximum Gasteiger partial charge on any atom is 0.191 e. The molecule has 166 valence electrons. The lowest BCUT2D eigenvalue weighted by molar-refractivity contribution is 0.0652. The lowest BCUT2D eigenvalue weighted by atomic mass is 10.1. The van der Waals surface area contributed by atoms with Crippen molar-refractivity contribution in [3.05, 3.63) is 66.2 Å². The third kappa shape index (κ3) is 9.44. The van der Waals surface area contributed by atoms with Crippen molar-refractivity contribution in [2.24, 2.45) is 4.99 Å². The van der Waals surface area contributed by atoms with E-state index in [2.05, 4.69) is 27.8 Å². The van der Waals surface area contributed by atoms with Crippen LogP contribution in [0.2, 0.25) is 0 Å². The Bertz CT molecular complexity index is 846. The molecule has 1 unspecified atom stereocenters. The maximum atomic E-state index is 12.3. The predicted molar refractivity (Wildman–Crippen MR) is 133 cm³/mol. The Morgan fingerprint density at radius 3 is 2.30 bits per heavy atom. The quantitative estimate of drug-likeness (QED) is 0.194. The summed E-state index contributed by atoms with van der Waals surface area (Å²) in [5.74, 6) is 0.630. The first-order chi connectivity index (χ1) is 14.0. The first kappa shape index (κ1) is 26.4. The highest BCUT2D eigenvalue weighted by atomic mass is 127. The zero-order valence-electron chi connectivity index (χ0n) is 17.6. The highest BCUT2D eigenvalue weighted by Gasteiger charge is 2.13. The number of hydrogen-bond donors (Lipinski definition) is 2. The van der Waals surface area contributed by atoms with Crippen molar-refractivity contribution < 1.29 is 13.2 Å². The minimum absolute atomic E-state index is 0. The summed E-state index contributed by atoms with van der Waals surface area (Å²) in [4.78, 5) is 4.84. The van der Waals surface area contributed by atoms with E-state index in [9.17, 15) is 8.42 Å². The highest BCUT2D eigenvalue weighted by molar-refractivity contribution is 14.0. The van der Waals surface area contributed by atoms with Gasteiger partial charge in [0.1, 0.15) is 0 Å². The van der Waals surface area contributed by atoms with Crippen LogP contribution >= 0.6 is 24.0 Å². The second-order valence-electron chi connectivity index (χ2n) is 6.60. The van der Waals surface area contributed by atoms with Gasteiger partial charge in [-0.2, -0.15) is 0 Å². The summed E-state index contributed by atoms with van der Waals surface area (Å²) in [5, 5.41) is 6.23. The van der Waals surface area contributed by atoms with Crippen molar-refractivity contribution in [2.75, 3.05) is 32.0 Å². The average molecular weight is 545 g/mol. The molecule has 0 aliphatic heterocycles. The second-order valence-corrected chi connectivity index (χ2v) is 8.71. The summed E-state index contributed by atoms with van der Waals surface area (Å²) in [6.07, 6.45) is 0.838. The van der Waals surface area contributed by atoms with Crippen molar-refractivity contribution >= 4 is 39.8 Å². The van der Waals surface area contributed by atoms with Gasteiger partial charge in [-0.15, -0.1) is 24.0 Å². The number of rotatable bonds is 11. The Balaban J connectivity index is 0.00000450. The second kappa shape index (κ2) is 14.4. The summed E-state index contributed by atoms with van der Waals surface area (Å²) in [5.41, 5.74) is 1.16. The van der Waals surface area contributed by atoms with Crippen LogP contribution in [0.4, 0.5) is 0 Å². The number of aliphatic imine (C=N–C) groups is 1. The molecule has 0 saturated carbocycles. The van der Waals surface area contributed by atoms with E-state index in [-0.39, 0.29) is 35.8 Å². The molecule has 2 N–H and O–H groups in total. The van der Waals surface area contributed by atoms with Crippen LogP contribution in [0.15, 0.2) is 70.6 Å². The fourth-order valence-electron chi connectivity index (χ4n) is 2.73. The van der Waals surface area contributed by atoms with Gasteiger partial charge in [-0.1, -0.05) is 48.5 Å². The Morgan fingerprint density at radius 1 is 1.03 bits per heavy atom. The first-order valence-corrected chi connectivity index (χ1v) is 11.6. The maximum absolute atomic E-state index is 12.3. The summed E-state index contributed by atoms with van der Waals surface area (Å²) in [6, 6.07) is 18.6. The van der Waals surface area contributed by atoms with Gasteiger partial charge in [0.05, 0.1) is 16.8 Å². The fourth-order valence-corrected chi connectivity index (χ4v) is 3.91. The predicted octanol–water partition coefficient (Wildman–Crippen LogP) is 3.80. The lowest BCUT2D eigenvalue weighted by Gasteiger charge is -2.13. The van der Waals surface area contributed by atoms with E-state index < -0.39 is 9.84 Å². The molecule has 2 aromatic rings. The number of hydrogen-bond acceptors (Lipinski definition) is 4. The van der Waals surface area contributed by atoms with Crippen molar-refractivity contribution in [3.8, 4) is 0 Å². The lowest BCUT2D eigenvalue weighted by Crippen LogP contribution is -2.39. The Hall–Kier alpha value is -1.65. The fraction of sp³-hybridized carbons (Fsp3) is 0.409. The van der Waals surface area contributed by atoms with E-state index in [0.29, 0.717) is 37.1 Å². The monoisotopic (exact) mass is 545 g/mol. The van der Waals surface area contributed by atoms with Gasteiger partial charge in [0, 0.05) is 26.2 Å². The molecular weight excluding hydrogens is 513 g/mol. The van der Waals surface area contributed by atoms with Crippen LogP contribution in [0.25, 0.3) is 0 Å². The van der Waals surface area contributed by atoms with E-state index in [1.54, 1.807) is 30.3 Å². The van der Waals surface area contributed by atoms with E-state index >= 15 is 0 Å². The highest BCUT2D eigenvalue weighted by Crippen LogP contribution is 2.15. The molecule has 0 spiro atoms. The van der Waals surface area contributed by atoms with E-state index in [1.165, 1.54) is 0 Å². The molecule has 6 nitrogen and oxygen atoms in total. The molecule has 0 heterocycles. The van der Waals surface area contributed by atoms with Gasteiger partial charge in [-0.05, 0) is 38.0 Å². The Labute approximate surface area is 197 Å². The molecule has 1 atom stereocenters. The van der Waals surface area contributed by atoms with Gasteiger partial charge in [0.15, 0.2) is 15.8 Å². The molecule has 0 fully saturated rings. The van der Waals surface area contributed by atoms with Crippen LogP contribution < -0.4 is 10.6 Å². The van der Waals surface area contributed by atoms with Gasteiger partial charge < -0.3 is 15.4 Å². The molecule has 0 radical (unpaired) electrons. The van der Waals surface area contributed by atoms with Gasteiger partial charge in [0.25, 0.3) is 0 Å². The van der Waals surface area contributed by atoms with Crippen LogP contribution in [-0.2, 0) is 14.6 Å².